The number of pyridine rings is 1. The zero-order valence-corrected chi connectivity index (χ0v) is 8.22. The molecule has 0 spiro atoms. The Morgan fingerprint density at radius 1 is 1.53 bits per heavy atom. The van der Waals surface area contributed by atoms with Crippen molar-refractivity contribution in [2.45, 2.75) is 19.3 Å². The summed E-state index contributed by atoms with van der Waals surface area (Å²) in [7, 11) is 0. The predicted octanol–water partition coefficient (Wildman–Crippen LogP) is 1.30. The summed E-state index contributed by atoms with van der Waals surface area (Å²) in [5, 5.41) is 19.5. The molecule has 0 bridgehead atoms. The highest BCUT2D eigenvalue weighted by molar-refractivity contribution is 5.27. The van der Waals surface area contributed by atoms with Crippen molar-refractivity contribution in [2.75, 3.05) is 6.61 Å². The highest BCUT2D eigenvalue weighted by atomic mass is 16.6. The molecule has 1 aromatic rings. The van der Waals surface area contributed by atoms with Gasteiger partial charge in [-0.3, -0.25) is 15.1 Å². The van der Waals surface area contributed by atoms with E-state index in [1.54, 1.807) is 6.07 Å². The number of nitrogens with zero attached hydrogens (tertiary/aromatic N) is 2. The topological polar surface area (TPSA) is 76.3 Å². The van der Waals surface area contributed by atoms with Gasteiger partial charge in [-0.2, -0.15) is 0 Å². The Morgan fingerprint density at radius 3 is 2.67 bits per heavy atom. The van der Waals surface area contributed by atoms with Crippen LogP contribution in [0.5, 0.6) is 0 Å². The van der Waals surface area contributed by atoms with E-state index in [1.807, 2.05) is 0 Å². The Bertz CT molecular complexity index is 371. The molecular weight excluding hydrogens is 196 g/mol. The molecule has 0 unspecified atom stereocenters. The van der Waals surface area contributed by atoms with Crippen molar-refractivity contribution in [3.05, 3.63) is 34.1 Å². The van der Waals surface area contributed by atoms with E-state index >= 15 is 0 Å². The molecule has 1 aliphatic carbocycles. The van der Waals surface area contributed by atoms with E-state index in [0.29, 0.717) is 6.42 Å². The predicted molar refractivity (Wildman–Crippen MR) is 53.3 cm³/mol. The van der Waals surface area contributed by atoms with Crippen molar-refractivity contribution in [3.8, 4) is 0 Å². The van der Waals surface area contributed by atoms with E-state index in [-0.39, 0.29) is 17.7 Å². The summed E-state index contributed by atoms with van der Waals surface area (Å²) in [5.74, 6) is 0. The van der Waals surface area contributed by atoms with Gasteiger partial charge in [0.25, 0.3) is 5.69 Å². The molecule has 15 heavy (non-hydrogen) atoms. The zero-order chi connectivity index (χ0) is 10.9. The summed E-state index contributed by atoms with van der Waals surface area (Å²) in [6.07, 6.45) is 4.01. The van der Waals surface area contributed by atoms with Crippen LogP contribution in [0, 0.1) is 15.5 Å². The summed E-state index contributed by atoms with van der Waals surface area (Å²) in [4.78, 5) is 13.9. The minimum atomic E-state index is -0.463. The standard InChI is InChI=1S/C10H12N2O3/c13-7-10(3-4-10)5-8-1-2-9(6-11-8)12(14)15/h1-2,6,13H,3-5,7H2. The van der Waals surface area contributed by atoms with Crippen LogP contribution in [0.25, 0.3) is 0 Å². The molecule has 5 heteroatoms. The summed E-state index contributed by atoms with van der Waals surface area (Å²) < 4.78 is 0. The monoisotopic (exact) mass is 208 g/mol. The van der Waals surface area contributed by atoms with Gasteiger partial charge in [0, 0.05) is 18.4 Å². The maximum Gasteiger partial charge on any atom is 0.287 e. The molecule has 1 N–H and O–H groups in total. The maximum atomic E-state index is 10.4. The van der Waals surface area contributed by atoms with Gasteiger partial charge in [-0.15, -0.1) is 0 Å². The lowest BCUT2D eigenvalue weighted by Gasteiger charge is -2.09. The molecule has 80 valence electrons. The Labute approximate surface area is 86.9 Å². The molecule has 1 fully saturated rings. The fourth-order valence-electron chi connectivity index (χ4n) is 1.58. The van der Waals surface area contributed by atoms with Crippen molar-refractivity contribution >= 4 is 5.69 Å². The van der Waals surface area contributed by atoms with Crippen molar-refractivity contribution < 1.29 is 10.0 Å². The molecule has 5 nitrogen and oxygen atoms in total. The van der Waals surface area contributed by atoms with Crippen LogP contribution in [0.4, 0.5) is 5.69 Å². The lowest BCUT2D eigenvalue weighted by atomic mass is 10.0. The fourth-order valence-corrected chi connectivity index (χ4v) is 1.58. The summed E-state index contributed by atoms with van der Waals surface area (Å²) in [6.45, 7) is 0.172. The highest BCUT2D eigenvalue weighted by Crippen LogP contribution is 2.47. The third-order valence-corrected chi connectivity index (χ3v) is 2.87. The van der Waals surface area contributed by atoms with E-state index in [4.69, 9.17) is 5.11 Å². The minimum absolute atomic E-state index is 0.00311. The van der Waals surface area contributed by atoms with Gasteiger partial charge in [0.15, 0.2) is 0 Å². The van der Waals surface area contributed by atoms with E-state index in [9.17, 15) is 10.1 Å². The molecule has 0 radical (unpaired) electrons. The summed E-state index contributed by atoms with van der Waals surface area (Å²) >= 11 is 0. The van der Waals surface area contributed by atoms with Crippen molar-refractivity contribution in [2.24, 2.45) is 5.41 Å². The SMILES string of the molecule is O=[N+]([O-])c1ccc(CC2(CO)CC2)nc1. The van der Waals surface area contributed by atoms with Gasteiger partial charge < -0.3 is 5.11 Å². The molecule has 0 aromatic carbocycles. The van der Waals surface area contributed by atoms with Gasteiger partial charge in [0.2, 0.25) is 0 Å². The number of aliphatic hydroxyl groups excluding tert-OH is 1. The molecule has 0 atom stereocenters. The molecule has 1 saturated carbocycles. The van der Waals surface area contributed by atoms with E-state index in [1.165, 1.54) is 12.3 Å². The van der Waals surface area contributed by atoms with Gasteiger partial charge >= 0.3 is 0 Å². The van der Waals surface area contributed by atoms with Crippen LogP contribution in [-0.4, -0.2) is 21.6 Å². The first-order valence-corrected chi connectivity index (χ1v) is 4.85. The van der Waals surface area contributed by atoms with Crippen molar-refractivity contribution in [1.29, 1.82) is 0 Å². The zero-order valence-electron chi connectivity index (χ0n) is 8.22. The molecule has 0 aliphatic heterocycles. The van der Waals surface area contributed by atoms with Gasteiger partial charge in [0.1, 0.15) is 6.20 Å². The average molecular weight is 208 g/mol. The first-order chi connectivity index (χ1) is 7.15. The Hall–Kier alpha value is -1.49. The summed E-state index contributed by atoms with van der Waals surface area (Å²) in [5.41, 5.74) is 0.822. The summed E-state index contributed by atoms with van der Waals surface area (Å²) in [6, 6.07) is 3.11. The number of rotatable bonds is 4. The van der Waals surface area contributed by atoms with Crippen LogP contribution in [-0.2, 0) is 6.42 Å². The van der Waals surface area contributed by atoms with Crippen LogP contribution in [0.1, 0.15) is 18.5 Å². The van der Waals surface area contributed by atoms with Crippen LogP contribution in [0.15, 0.2) is 18.3 Å². The quantitative estimate of drug-likeness (QED) is 0.597. The van der Waals surface area contributed by atoms with E-state index in [0.717, 1.165) is 18.5 Å². The molecule has 1 heterocycles. The normalized spacial score (nSPS) is 17.4. The first-order valence-electron chi connectivity index (χ1n) is 4.85. The second-order valence-electron chi connectivity index (χ2n) is 4.10. The Kier molecular flexibility index (Phi) is 2.40. The van der Waals surface area contributed by atoms with Crippen LogP contribution in [0.3, 0.4) is 0 Å². The molecule has 2 rings (SSSR count). The van der Waals surface area contributed by atoms with Gasteiger partial charge in [0.05, 0.1) is 4.92 Å². The number of nitro groups is 1. The Balaban J connectivity index is 2.07. The van der Waals surface area contributed by atoms with E-state index in [2.05, 4.69) is 4.98 Å². The second-order valence-corrected chi connectivity index (χ2v) is 4.10. The van der Waals surface area contributed by atoms with Crippen LogP contribution >= 0.6 is 0 Å². The van der Waals surface area contributed by atoms with Gasteiger partial charge in [-0.05, 0) is 30.7 Å². The molecule has 1 aromatic heterocycles. The number of hydrogen-bond acceptors (Lipinski definition) is 4. The van der Waals surface area contributed by atoms with Crippen molar-refractivity contribution in [1.82, 2.24) is 4.98 Å². The second kappa shape index (κ2) is 3.58. The van der Waals surface area contributed by atoms with E-state index < -0.39 is 4.92 Å². The van der Waals surface area contributed by atoms with Crippen LogP contribution in [0.2, 0.25) is 0 Å². The highest BCUT2D eigenvalue weighted by Gasteiger charge is 2.42. The minimum Gasteiger partial charge on any atom is -0.396 e. The number of hydrogen-bond donors (Lipinski definition) is 1. The molecular formula is C10H12N2O3. The first kappa shape index (κ1) is 10.0. The third kappa shape index (κ3) is 2.12. The number of aromatic nitrogens is 1. The maximum absolute atomic E-state index is 10.4. The van der Waals surface area contributed by atoms with Gasteiger partial charge in [-0.1, -0.05) is 0 Å². The number of aliphatic hydroxyl groups is 1. The lowest BCUT2D eigenvalue weighted by molar-refractivity contribution is -0.385. The smallest absolute Gasteiger partial charge is 0.287 e. The largest absolute Gasteiger partial charge is 0.396 e. The average Bonchev–Trinajstić information content (AvgIpc) is 2.99. The van der Waals surface area contributed by atoms with Crippen molar-refractivity contribution in [3.63, 3.8) is 0 Å². The van der Waals surface area contributed by atoms with Gasteiger partial charge in [-0.25, -0.2) is 0 Å². The fraction of sp³-hybridized carbons (Fsp3) is 0.500. The molecule has 1 aliphatic rings. The lowest BCUT2D eigenvalue weighted by Crippen LogP contribution is -2.11. The molecule has 0 amide bonds. The Morgan fingerprint density at radius 2 is 2.27 bits per heavy atom. The third-order valence-electron chi connectivity index (χ3n) is 2.87. The molecule has 0 saturated heterocycles. The van der Waals surface area contributed by atoms with Crippen LogP contribution < -0.4 is 0 Å².